The summed E-state index contributed by atoms with van der Waals surface area (Å²) in [4.78, 5) is 0. The smallest absolute Gasteiger partial charge is 0.309 e. The summed E-state index contributed by atoms with van der Waals surface area (Å²) in [6.07, 6.45) is -9.66. The number of alkyl halides is 6. The van der Waals surface area contributed by atoms with Gasteiger partial charge in [0.1, 0.15) is 5.56 Å². The van der Waals surface area contributed by atoms with Crippen LogP contribution < -0.4 is 0 Å². The molecule has 0 N–H and O–H groups in total. The Bertz CT molecular complexity index is 2400. The molecule has 2 nitrogen and oxygen atoms in total. The van der Waals surface area contributed by atoms with Gasteiger partial charge in [0.05, 0.1) is 39.0 Å². The van der Waals surface area contributed by atoms with Crippen molar-refractivity contribution in [3.63, 3.8) is 0 Å². The van der Waals surface area contributed by atoms with Gasteiger partial charge in [0.2, 0.25) is 0 Å². The first-order valence-corrected chi connectivity index (χ1v) is 16.2. The Morgan fingerprint density at radius 3 is 1.12 bits per heavy atom. The van der Waals surface area contributed by atoms with Crippen molar-refractivity contribution in [2.45, 2.75) is 40.0 Å². The molecule has 0 aliphatic carbocycles. The number of fused-ring (bicyclic) bond motifs is 6. The fourth-order valence-corrected chi connectivity index (χ4v) is 7.41. The predicted molar refractivity (Wildman–Crippen MR) is 190 cm³/mol. The van der Waals surface area contributed by atoms with Gasteiger partial charge in [0.25, 0.3) is 0 Å². The Morgan fingerprint density at radius 2 is 0.780 bits per heavy atom. The molecule has 0 aliphatic rings. The normalized spacial score (nSPS) is 12.6. The number of rotatable bonds is 3. The van der Waals surface area contributed by atoms with Gasteiger partial charge in [-0.1, -0.05) is 64.7 Å². The lowest BCUT2D eigenvalue weighted by Gasteiger charge is -2.24. The molecule has 0 saturated carbocycles. The maximum absolute atomic E-state index is 15.9. The summed E-state index contributed by atoms with van der Waals surface area (Å²) in [5.74, 6) is 0. The van der Waals surface area contributed by atoms with Crippen LogP contribution in [0.5, 0.6) is 0 Å². The summed E-state index contributed by atoms with van der Waals surface area (Å²) < 4.78 is 94.6. The molecule has 2 heterocycles. The van der Waals surface area contributed by atoms with Crippen LogP contribution in [0.15, 0.2) is 109 Å². The third-order valence-electron chi connectivity index (χ3n) is 9.56. The molecule has 0 aliphatic heterocycles. The van der Waals surface area contributed by atoms with Crippen LogP contribution in [0.3, 0.4) is 0 Å². The highest BCUT2D eigenvalue weighted by Gasteiger charge is 2.40. The number of nitrogens with zero attached hydrogens (tertiary/aromatic N) is 2. The lowest BCUT2D eigenvalue weighted by Crippen LogP contribution is -2.16. The van der Waals surface area contributed by atoms with Crippen LogP contribution in [0.1, 0.15) is 33.4 Å². The number of hydrogen-bond donors (Lipinski definition) is 0. The SMILES string of the molecule is Cc1ccc2c(c1)c1cc(C)ccc1n2-c1cc(-c2ccccc2C(F)(F)F)cc(-n2c3ccc(C)cc3c3cc(C)ccc32)c1C(F)(F)F. The Kier molecular flexibility index (Phi) is 6.99. The molecular formula is C42H30F6N2. The highest BCUT2D eigenvalue weighted by molar-refractivity contribution is 6.11. The van der Waals surface area contributed by atoms with Crippen LogP contribution in [0.4, 0.5) is 26.3 Å². The zero-order valence-electron chi connectivity index (χ0n) is 27.6. The molecule has 0 radical (unpaired) electrons. The van der Waals surface area contributed by atoms with Crippen molar-refractivity contribution in [3.8, 4) is 22.5 Å². The van der Waals surface area contributed by atoms with Crippen molar-refractivity contribution in [1.82, 2.24) is 9.13 Å². The van der Waals surface area contributed by atoms with Crippen molar-refractivity contribution in [2.24, 2.45) is 0 Å². The number of aromatic nitrogens is 2. The van der Waals surface area contributed by atoms with Crippen LogP contribution in [-0.2, 0) is 12.4 Å². The van der Waals surface area contributed by atoms with Gasteiger partial charge in [-0.25, -0.2) is 0 Å². The fourth-order valence-electron chi connectivity index (χ4n) is 7.41. The van der Waals surface area contributed by atoms with E-state index in [0.717, 1.165) is 49.9 Å². The Morgan fingerprint density at radius 1 is 0.420 bits per heavy atom. The first-order chi connectivity index (χ1) is 23.7. The first kappa shape index (κ1) is 31.7. The van der Waals surface area contributed by atoms with Gasteiger partial charge in [0.15, 0.2) is 0 Å². The van der Waals surface area contributed by atoms with E-state index in [1.54, 1.807) is 33.4 Å². The van der Waals surface area contributed by atoms with Crippen molar-refractivity contribution >= 4 is 43.6 Å². The zero-order chi connectivity index (χ0) is 35.3. The molecule has 0 fully saturated rings. The van der Waals surface area contributed by atoms with Crippen molar-refractivity contribution in [3.05, 3.63) is 143 Å². The van der Waals surface area contributed by atoms with Crippen LogP contribution in [-0.4, -0.2) is 9.13 Å². The number of halogens is 6. The van der Waals surface area contributed by atoms with Crippen molar-refractivity contribution in [2.75, 3.05) is 0 Å². The van der Waals surface area contributed by atoms with E-state index in [-0.39, 0.29) is 22.5 Å². The molecule has 50 heavy (non-hydrogen) atoms. The molecule has 0 atom stereocenters. The molecule has 0 amide bonds. The molecule has 250 valence electrons. The summed E-state index contributed by atoms with van der Waals surface area (Å²) in [7, 11) is 0. The Hall–Kier alpha value is -5.50. The maximum atomic E-state index is 15.9. The standard InChI is InChI=1S/C42H30F6N2/c1-23-9-13-34-29(17-23)30-18-24(2)10-14-35(30)49(34)38-21-27(28-7-5-6-8-33(28)41(43,44)45)22-39(40(38)42(46,47)48)50-36-15-11-25(3)19-31(36)32-20-26(4)12-16-37(32)50/h5-22H,1-4H3. The fraction of sp³-hybridized carbons (Fsp3) is 0.143. The minimum atomic E-state index is -4.91. The lowest BCUT2D eigenvalue weighted by atomic mass is 9.95. The van der Waals surface area contributed by atoms with Crippen molar-refractivity contribution < 1.29 is 26.3 Å². The van der Waals surface area contributed by atoms with Crippen LogP contribution >= 0.6 is 0 Å². The predicted octanol–water partition coefficient (Wildman–Crippen LogP) is 12.8. The van der Waals surface area contributed by atoms with E-state index in [4.69, 9.17) is 0 Å². The molecule has 0 bridgehead atoms. The van der Waals surface area contributed by atoms with E-state index in [9.17, 15) is 13.2 Å². The molecule has 0 unspecified atom stereocenters. The highest BCUT2D eigenvalue weighted by Crippen LogP contribution is 2.47. The number of aryl methyl sites for hydroxylation is 4. The van der Waals surface area contributed by atoms with E-state index < -0.39 is 23.5 Å². The van der Waals surface area contributed by atoms with E-state index >= 15 is 13.2 Å². The third-order valence-corrected chi connectivity index (χ3v) is 9.56. The number of benzene rings is 6. The summed E-state index contributed by atoms with van der Waals surface area (Å²) in [6.45, 7) is 7.66. The molecule has 0 saturated heterocycles. The maximum Gasteiger partial charge on any atom is 0.420 e. The van der Waals surface area contributed by atoms with E-state index in [1.165, 1.54) is 30.3 Å². The van der Waals surface area contributed by atoms with Gasteiger partial charge in [-0.3, -0.25) is 0 Å². The van der Waals surface area contributed by atoms with Gasteiger partial charge in [-0.15, -0.1) is 0 Å². The van der Waals surface area contributed by atoms with E-state index in [2.05, 4.69) is 0 Å². The second-order valence-electron chi connectivity index (χ2n) is 13.2. The second kappa shape index (κ2) is 11.0. The highest BCUT2D eigenvalue weighted by atomic mass is 19.4. The summed E-state index contributed by atoms with van der Waals surface area (Å²) >= 11 is 0. The molecule has 8 rings (SSSR count). The van der Waals surface area contributed by atoms with E-state index in [1.807, 2.05) is 76.2 Å². The third kappa shape index (κ3) is 4.96. The average Bonchev–Trinajstić information content (AvgIpc) is 3.54. The topological polar surface area (TPSA) is 9.86 Å². The Labute approximate surface area is 283 Å². The van der Waals surface area contributed by atoms with Gasteiger partial charge in [-0.2, -0.15) is 26.3 Å². The minimum Gasteiger partial charge on any atom is -0.309 e. The van der Waals surface area contributed by atoms with Gasteiger partial charge < -0.3 is 9.13 Å². The number of hydrogen-bond acceptors (Lipinski definition) is 0. The van der Waals surface area contributed by atoms with Gasteiger partial charge in [0, 0.05) is 21.5 Å². The second-order valence-corrected chi connectivity index (χ2v) is 13.2. The summed E-state index contributed by atoms with van der Waals surface area (Å²) in [5, 5.41) is 3.01. The summed E-state index contributed by atoms with van der Waals surface area (Å²) in [6, 6.07) is 29.7. The van der Waals surface area contributed by atoms with Crippen LogP contribution in [0, 0.1) is 27.7 Å². The van der Waals surface area contributed by atoms with Gasteiger partial charge >= 0.3 is 12.4 Å². The van der Waals surface area contributed by atoms with Gasteiger partial charge in [-0.05, 0) is 106 Å². The van der Waals surface area contributed by atoms with Crippen LogP contribution in [0.2, 0.25) is 0 Å². The average molecular weight is 677 g/mol. The van der Waals surface area contributed by atoms with Crippen LogP contribution in [0.25, 0.3) is 66.1 Å². The van der Waals surface area contributed by atoms with E-state index in [0.29, 0.717) is 22.1 Å². The largest absolute Gasteiger partial charge is 0.420 e. The molecule has 8 aromatic rings. The minimum absolute atomic E-state index is 0.0133. The molecular weight excluding hydrogens is 646 g/mol. The molecule has 2 aromatic heterocycles. The lowest BCUT2D eigenvalue weighted by molar-refractivity contribution is -0.138. The zero-order valence-corrected chi connectivity index (χ0v) is 27.6. The molecule has 6 aromatic carbocycles. The monoisotopic (exact) mass is 676 g/mol. The van der Waals surface area contributed by atoms with Crippen molar-refractivity contribution in [1.29, 1.82) is 0 Å². The summed E-state index contributed by atoms with van der Waals surface area (Å²) in [5.41, 5.74) is 3.18. The molecule has 8 heteroatoms. The molecule has 0 spiro atoms. The quantitative estimate of drug-likeness (QED) is 0.165. The Balaban J connectivity index is 1.62. The first-order valence-electron chi connectivity index (χ1n) is 16.2.